The van der Waals surface area contributed by atoms with Crippen LogP contribution in [-0.2, 0) is 6.18 Å². The van der Waals surface area contributed by atoms with Gasteiger partial charge in [-0.1, -0.05) is 0 Å². The van der Waals surface area contributed by atoms with E-state index in [0.717, 1.165) is 10.8 Å². The number of hydrogen-bond donors (Lipinski definition) is 1. The molecule has 2 N–H and O–H groups in total. The predicted molar refractivity (Wildman–Crippen MR) is 54.8 cm³/mol. The van der Waals surface area contributed by atoms with Crippen LogP contribution in [0, 0.1) is 6.92 Å². The monoisotopic (exact) mass is 294 g/mol. The van der Waals surface area contributed by atoms with Gasteiger partial charge in [-0.2, -0.15) is 18.3 Å². The summed E-state index contributed by atoms with van der Waals surface area (Å²) in [4.78, 5) is 3.56. The maximum absolute atomic E-state index is 12.8. The van der Waals surface area contributed by atoms with Gasteiger partial charge in [-0.25, -0.2) is 9.50 Å². The van der Waals surface area contributed by atoms with Gasteiger partial charge < -0.3 is 5.73 Å². The van der Waals surface area contributed by atoms with Gasteiger partial charge in [0, 0.05) is 0 Å². The van der Waals surface area contributed by atoms with Crippen molar-refractivity contribution in [3.8, 4) is 0 Å². The standard InChI is InChI=1S/C8H6BrF3N4/c1-3-4(8(10,11)12)5-7(13)14-2-15-16(5)6(3)9/h2H,1H3,(H2,13,14,15). The second-order valence-corrected chi connectivity index (χ2v) is 3.95. The van der Waals surface area contributed by atoms with Gasteiger partial charge in [0.1, 0.15) is 16.4 Å². The Morgan fingerprint density at radius 2 is 2.06 bits per heavy atom. The van der Waals surface area contributed by atoms with Crippen molar-refractivity contribution in [3.05, 3.63) is 22.1 Å². The molecule has 2 rings (SSSR count). The van der Waals surface area contributed by atoms with Crippen LogP contribution in [0.4, 0.5) is 19.0 Å². The van der Waals surface area contributed by atoms with Crippen molar-refractivity contribution in [1.82, 2.24) is 14.6 Å². The highest BCUT2D eigenvalue weighted by Gasteiger charge is 2.38. The van der Waals surface area contributed by atoms with E-state index in [1.807, 2.05) is 0 Å². The third-order valence-corrected chi connectivity index (χ3v) is 3.14. The number of nitrogens with zero attached hydrogens (tertiary/aromatic N) is 3. The summed E-state index contributed by atoms with van der Waals surface area (Å²) in [6, 6.07) is 0. The van der Waals surface area contributed by atoms with Gasteiger partial charge in [-0.05, 0) is 28.4 Å². The molecular weight excluding hydrogens is 289 g/mol. The van der Waals surface area contributed by atoms with Crippen molar-refractivity contribution in [2.24, 2.45) is 0 Å². The van der Waals surface area contributed by atoms with Crippen molar-refractivity contribution in [2.75, 3.05) is 5.73 Å². The molecule has 86 valence electrons. The predicted octanol–water partition coefficient (Wildman–Crippen LogP) is 2.40. The van der Waals surface area contributed by atoms with E-state index in [2.05, 4.69) is 26.0 Å². The zero-order valence-corrected chi connectivity index (χ0v) is 9.59. The van der Waals surface area contributed by atoms with Crippen molar-refractivity contribution in [2.45, 2.75) is 13.1 Å². The molecule has 0 aliphatic rings. The van der Waals surface area contributed by atoms with Gasteiger partial charge in [0.15, 0.2) is 5.82 Å². The van der Waals surface area contributed by atoms with Gasteiger partial charge in [0.25, 0.3) is 0 Å². The highest BCUT2D eigenvalue weighted by atomic mass is 79.9. The zero-order chi connectivity index (χ0) is 12.1. The fraction of sp³-hybridized carbons (Fsp3) is 0.250. The number of hydrogen-bond acceptors (Lipinski definition) is 3. The Bertz CT molecular complexity index is 560. The van der Waals surface area contributed by atoms with E-state index in [4.69, 9.17) is 5.73 Å². The van der Waals surface area contributed by atoms with Gasteiger partial charge >= 0.3 is 6.18 Å². The van der Waals surface area contributed by atoms with Crippen LogP contribution < -0.4 is 5.73 Å². The summed E-state index contributed by atoms with van der Waals surface area (Å²) >= 11 is 3.05. The lowest BCUT2D eigenvalue weighted by Crippen LogP contribution is -2.08. The fourth-order valence-corrected chi connectivity index (χ4v) is 2.00. The van der Waals surface area contributed by atoms with Crippen LogP contribution in [0.1, 0.15) is 11.1 Å². The molecule has 2 aromatic rings. The van der Waals surface area contributed by atoms with E-state index < -0.39 is 11.7 Å². The number of fused-ring (bicyclic) bond motifs is 1. The van der Waals surface area contributed by atoms with E-state index in [1.165, 1.54) is 6.92 Å². The highest BCUT2D eigenvalue weighted by molar-refractivity contribution is 9.10. The lowest BCUT2D eigenvalue weighted by molar-refractivity contribution is -0.136. The smallest absolute Gasteiger partial charge is 0.382 e. The summed E-state index contributed by atoms with van der Waals surface area (Å²) in [5.74, 6) is -0.198. The van der Waals surface area contributed by atoms with Crippen LogP contribution in [0.25, 0.3) is 5.52 Å². The second-order valence-electron chi connectivity index (χ2n) is 3.19. The van der Waals surface area contributed by atoms with Crippen LogP contribution in [0.15, 0.2) is 10.9 Å². The lowest BCUT2D eigenvalue weighted by atomic mass is 10.2. The van der Waals surface area contributed by atoms with Crippen LogP contribution >= 0.6 is 15.9 Å². The molecule has 2 heterocycles. The topological polar surface area (TPSA) is 56.2 Å². The first-order chi connectivity index (χ1) is 7.34. The molecule has 0 radical (unpaired) electrons. The van der Waals surface area contributed by atoms with E-state index in [0.29, 0.717) is 0 Å². The van der Waals surface area contributed by atoms with E-state index in [-0.39, 0.29) is 21.5 Å². The third-order valence-electron chi connectivity index (χ3n) is 2.21. The largest absolute Gasteiger partial charge is 0.418 e. The maximum Gasteiger partial charge on any atom is 0.418 e. The molecule has 0 bridgehead atoms. The first-order valence-electron chi connectivity index (χ1n) is 4.18. The normalized spacial score (nSPS) is 12.3. The van der Waals surface area contributed by atoms with Crippen molar-refractivity contribution in [1.29, 1.82) is 0 Å². The Hall–Kier alpha value is -1.31. The maximum atomic E-state index is 12.8. The minimum atomic E-state index is -4.49. The molecule has 0 unspecified atom stereocenters. The Labute approximate surface area is 96.4 Å². The molecule has 0 atom stereocenters. The highest BCUT2D eigenvalue weighted by Crippen LogP contribution is 2.40. The van der Waals surface area contributed by atoms with Crippen LogP contribution in [-0.4, -0.2) is 14.6 Å². The van der Waals surface area contributed by atoms with Crippen molar-refractivity contribution >= 4 is 27.3 Å². The molecule has 0 aromatic carbocycles. The Balaban J connectivity index is 2.98. The van der Waals surface area contributed by atoms with Crippen molar-refractivity contribution in [3.63, 3.8) is 0 Å². The number of aromatic nitrogens is 3. The Kier molecular flexibility index (Phi) is 2.33. The van der Waals surface area contributed by atoms with Gasteiger partial charge in [0.05, 0.1) is 5.56 Å². The number of nitrogen functional groups attached to an aromatic ring is 1. The molecule has 0 spiro atoms. The molecule has 0 fully saturated rings. The summed E-state index contributed by atoms with van der Waals surface area (Å²) in [6.45, 7) is 1.35. The number of halogens is 4. The molecular formula is C8H6BrF3N4. The number of nitrogens with two attached hydrogens (primary N) is 1. The van der Waals surface area contributed by atoms with Gasteiger partial charge in [-0.15, -0.1) is 0 Å². The second kappa shape index (κ2) is 3.34. The van der Waals surface area contributed by atoms with E-state index in [9.17, 15) is 13.2 Å². The molecule has 0 aliphatic heterocycles. The molecule has 2 aromatic heterocycles. The average Bonchev–Trinajstić information content (AvgIpc) is 2.42. The van der Waals surface area contributed by atoms with E-state index in [1.54, 1.807) is 0 Å². The molecule has 0 saturated heterocycles. The number of alkyl halides is 3. The summed E-state index contributed by atoms with van der Waals surface area (Å²) in [6.07, 6.45) is -3.38. The summed E-state index contributed by atoms with van der Waals surface area (Å²) < 4.78 is 39.8. The lowest BCUT2D eigenvalue weighted by Gasteiger charge is -2.06. The summed E-state index contributed by atoms with van der Waals surface area (Å²) in [7, 11) is 0. The molecule has 8 heteroatoms. The summed E-state index contributed by atoms with van der Waals surface area (Å²) in [5, 5.41) is 3.72. The van der Waals surface area contributed by atoms with Crippen molar-refractivity contribution < 1.29 is 13.2 Å². The quantitative estimate of drug-likeness (QED) is 0.812. The molecule has 4 nitrogen and oxygen atoms in total. The minimum Gasteiger partial charge on any atom is -0.382 e. The first-order valence-corrected chi connectivity index (χ1v) is 4.97. The van der Waals surface area contributed by atoms with Gasteiger partial charge in [-0.3, -0.25) is 0 Å². The molecule has 0 saturated carbocycles. The molecule has 16 heavy (non-hydrogen) atoms. The average molecular weight is 295 g/mol. The number of rotatable bonds is 0. The molecule has 0 amide bonds. The van der Waals surface area contributed by atoms with Crippen LogP contribution in [0.3, 0.4) is 0 Å². The Morgan fingerprint density at radius 1 is 1.44 bits per heavy atom. The van der Waals surface area contributed by atoms with Crippen LogP contribution in [0.2, 0.25) is 0 Å². The SMILES string of the molecule is Cc1c(C(F)(F)F)c2c(N)ncnn2c1Br. The third kappa shape index (κ3) is 1.44. The van der Waals surface area contributed by atoms with Crippen LogP contribution in [0.5, 0.6) is 0 Å². The molecule has 0 aliphatic carbocycles. The fourth-order valence-electron chi connectivity index (χ4n) is 1.54. The number of anilines is 1. The minimum absolute atomic E-state index is 0.0414. The first kappa shape index (κ1) is 11.2. The van der Waals surface area contributed by atoms with E-state index >= 15 is 0 Å². The summed E-state index contributed by atoms with van der Waals surface area (Å²) in [5.41, 5.74) is 4.45. The van der Waals surface area contributed by atoms with Gasteiger partial charge in [0.2, 0.25) is 0 Å². The Morgan fingerprint density at radius 3 is 2.62 bits per heavy atom. The zero-order valence-electron chi connectivity index (χ0n) is 8.01.